The Morgan fingerprint density at radius 1 is 1.14 bits per heavy atom. The highest BCUT2D eigenvalue weighted by molar-refractivity contribution is 7.27. The largest absolute Gasteiger partial charge is 0.347 e. The summed E-state index contributed by atoms with van der Waals surface area (Å²) in [6.07, 6.45) is 0. The molecule has 0 unspecified atom stereocenters. The van der Waals surface area contributed by atoms with Crippen LogP contribution in [0.15, 0.2) is 35.7 Å². The second-order valence-corrected chi connectivity index (χ2v) is 7.18. The Morgan fingerprint density at radius 2 is 2.05 bits per heavy atom. The number of fused-ring (bicyclic) bond motifs is 2. The van der Waals surface area contributed by atoms with Gasteiger partial charge in [-0.25, -0.2) is 0 Å². The molecule has 0 aliphatic carbocycles. The van der Waals surface area contributed by atoms with Crippen molar-refractivity contribution in [3.05, 3.63) is 57.3 Å². The standard InChI is InChI=1S/C16H14N2OS2/c19-16(15-6-14-13(21-15)3-4-20-14)18-7-10-1-2-11-8-17-9-12(11)5-10/h1-6,17H,7-9H2,(H,18,19). The van der Waals surface area contributed by atoms with Crippen molar-refractivity contribution in [3.8, 4) is 0 Å². The highest BCUT2D eigenvalue weighted by Gasteiger charge is 2.12. The molecule has 0 saturated heterocycles. The van der Waals surface area contributed by atoms with Crippen LogP contribution in [0.1, 0.15) is 26.4 Å². The van der Waals surface area contributed by atoms with Crippen LogP contribution in [0, 0.1) is 0 Å². The zero-order valence-corrected chi connectivity index (χ0v) is 12.9. The second kappa shape index (κ2) is 5.26. The Bertz CT molecular complexity index is 790. The predicted octanol–water partition coefficient (Wildman–Crippen LogP) is 3.50. The van der Waals surface area contributed by atoms with Gasteiger partial charge in [0.05, 0.1) is 4.88 Å². The van der Waals surface area contributed by atoms with Gasteiger partial charge in [-0.15, -0.1) is 22.7 Å². The summed E-state index contributed by atoms with van der Waals surface area (Å²) >= 11 is 3.23. The molecule has 0 saturated carbocycles. The summed E-state index contributed by atoms with van der Waals surface area (Å²) in [5.74, 6) is 0.0158. The van der Waals surface area contributed by atoms with Crippen LogP contribution in [0.3, 0.4) is 0 Å². The molecule has 2 N–H and O–H groups in total. The van der Waals surface area contributed by atoms with Gasteiger partial charge < -0.3 is 10.6 Å². The van der Waals surface area contributed by atoms with E-state index >= 15 is 0 Å². The minimum Gasteiger partial charge on any atom is -0.347 e. The number of carbonyl (C=O) groups is 1. The van der Waals surface area contributed by atoms with Crippen LogP contribution in [-0.4, -0.2) is 5.91 Å². The Hall–Kier alpha value is -1.69. The molecule has 0 bridgehead atoms. The van der Waals surface area contributed by atoms with Gasteiger partial charge in [-0.3, -0.25) is 4.79 Å². The molecule has 0 fully saturated rings. The average Bonchev–Trinajstić information content (AvgIpc) is 3.18. The average molecular weight is 314 g/mol. The van der Waals surface area contributed by atoms with Crippen molar-refractivity contribution in [1.29, 1.82) is 0 Å². The first-order valence-electron chi connectivity index (χ1n) is 6.86. The van der Waals surface area contributed by atoms with Crippen LogP contribution in [-0.2, 0) is 19.6 Å². The van der Waals surface area contributed by atoms with E-state index in [1.165, 1.54) is 20.5 Å². The molecule has 1 aliphatic heterocycles. The lowest BCUT2D eigenvalue weighted by Crippen LogP contribution is -2.21. The molecule has 2 aromatic heterocycles. The summed E-state index contributed by atoms with van der Waals surface area (Å²) in [6.45, 7) is 2.46. The van der Waals surface area contributed by atoms with Gasteiger partial charge in [-0.2, -0.15) is 0 Å². The van der Waals surface area contributed by atoms with E-state index in [0.717, 1.165) is 23.5 Å². The maximum absolute atomic E-state index is 12.2. The summed E-state index contributed by atoms with van der Waals surface area (Å²) in [4.78, 5) is 13.0. The quantitative estimate of drug-likeness (QED) is 0.777. The third-order valence-corrected chi connectivity index (χ3v) is 5.81. The maximum atomic E-state index is 12.2. The summed E-state index contributed by atoms with van der Waals surface area (Å²) < 4.78 is 2.38. The third-order valence-electron chi connectivity index (χ3n) is 3.72. The molecule has 0 spiro atoms. The highest BCUT2D eigenvalue weighted by Crippen LogP contribution is 2.29. The summed E-state index contributed by atoms with van der Waals surface area (Å²) in [5, 5.41) is 8.40. The molecule has 0 atom stereocenters. The van der Waals surface area contributed by atoms with Gasteiger partial charge in [0.1, 0.15) is 0 Å². The number of rotatable bonds is 3. The van der Waals surface area contributed by atoms with Gasteiger partial charge in [-0.05, 0) is 34.2 Å². The van der Waals surface area contributed by atoms with Crippen molar-refractivity contribution in [2.24, 2.45) is 0 Å². The summed E-state index contributed by atoms with van der Waals surface area (Å²) in [5.41, 5.74) is 3.87. The van der Waals surface area contributed by atoms with Crippen molar-refractivity contribution in [2.45, 2.75) is 19.6 Å². The Kier molecular flexibility index (Phi) is 3.25. The van der Waals surface area contributed by atoms with Crippen LogP contribution in [0.2, 0.25) is 0 Å². The van der Waals surface area contributed by atoms with Crippen LogP contribution in [0.5, 0.6) is 0 Å². The summed E-state index contributed by atoms with van der Waals surface area (Å²) in [7, 11) is 0. The molecule has 3 nitrogen and oxygen atoms in total. The minimum absolute atomic E-state index is 0.0158. The maximum Gasteiger partial charge on any atom is 0.261 e. The molecule has 4 rings (SSSR count). The molecular formula is C16H14N2OS2. The van der Waals surface area contributed by atoms with Crippen molar-refractivity contribution in [1.82, 2.24) is 10.6 Å². The molecular weight excluding hydrogens is 300 g/mol. The topological polar surface area (TPSA) is 41.1 Å². The molecule has 1 aromatic carbocycles. The van der Waals surface area contributed by atoms with Crippen LogP contribution >= 0.6 is 22.7 Å². The Balaban J connectivity index is 1.46. The van der Waals surface area contributed by atoms with Crippen LogP contribution < -0.4 is 10.6 Å². The van der Waals surface area contributed by atoms with E-state index in [-0.39, 0.29) is 5.91 Å². The highest BCUT2D eigenvalue weighted by atomic mass is 32.1. The van der Waals surface area contributed by atoms with Crippen molar-refractivity contribution in [2.75, 3.05) is 0 Å². The van der Waals surface area contributed by atoms with Crippen molar-refractivity contribution >= 4 is 38.0 Å². The molecule has 1 aliphatic rings. The monoisotopic (exact) mass is 314 g/mol. The molecule has 1 amide bonds. The van der Waals surface area contributed by atoms with Gasteiger partial charge in [-0.1, -0.05) is 18.2 Å². The normalized spacial score (nSPS) is 13.5. The predicted molar refractivity (Wildman–Crippen MR) is 87.9 cm³/mol. The van der Waals surface area contributed by atoms with Crippen molar-refractivity contribution in [3.63, 3.8) is 0 Å². The van der Waals surface area contributed by atoms with E-state index in [9.17, 15) is 4.79 Å². The van der Waals surface area contributed by atoms with Crippen molar-refractivity contribution < 1.29 is 4.79 Å². The molecule has 0 radical (unpaired) electrons. The van der Waals surface area contributed by atoms with Crippen LogP contribution in [0.4, 0.5) is 0 Å². The van der Waals surface area contributed by atoms with Gasteiger partial charge in [0.25, 0.3) is 5.91 Å². The zero-order chi connectivity index (χ0) is 14.2. The van der Waals surface area contributed by atoms with E-state index in [1.54, 1.807) is 22.7 Å². The Labute approximate surface area is 130 Å². The van der Waals surface area contributed by atoms with E-state index in [2.05, 4.69) is 40.3 Å². The third kappa shape index (κ3) is 2.48. The number of hydrogen-bond acceptors (Lipinski definition) is 4. The molecule has 5 heteroatoms. The fraction of sp³-hybridized carbons (Fsp3) is 0.188. The first-order valence-corrected chi connectivity index (χ1v) is 8.56. The van der Waals surface area contributed by atoms with E-state index in [4.69, 9.17) is 0 Å². The second-order valence-electron chi connectivity index (χ2n) is 5.15. The molecule has 3 aromatic rings. The minimum atomic E-state index is 0.0158. The van der Waals surface area contributed by atoms with Gasteiger partial charge in [0.15, 0.2) is 0 Å². The lowest BCUT2D eigenvalue weighted by molar-refractivity contribution is 0.0955. The smallest absolute Gasteiger partial charge is 0.261 e. The van der Waals surface area contributed by atoms with Gasteiger partial charge in [0.2, 0.25) is 0 Å². The number of carbonyl (C=O) groups excluding carboxylic acids is 1. The lowest BCUT2D eigenvalue weighted by Gasteiger charge is -2.06. The number of amides is 1. The molecule has 3 heterocycles. The van der Waals surface area contributed by atoms with Gasteiger partial charge in [0, 0.05) is 29.0 Å². The number of benzene rings is 1. The zero-order valence-electron chi connectivity index (χ0n) is 11.3. The van der Waals surface area contributed by atoms with E-state index in [0.29, 0.717) is 6.54 Å². The lowest BCUT2D eigenvalue weighted by atomic mass is 10.1. The first kappa shape index (κ1) is 13.0. The number of hydrogen-bond donors (Lipinski definition) is 2. The van der Waals surface area contributed by atoms with Crippen LogP contribution in [0.25, 0.3) is 9.40 Å². The van der Waals surface area contributed by atoms with Gasteiger partial charge >= 0.3 is 0 Å². The first-order chi connectivity index (χ1) is 10.3. The fourth-order valence-electron chi connectivity index (χ4n) is 2.61. The van der Waals surface area contributed by atoms with E-state index < -0.39 is 0 Å². The molecule has 21 heavy (non-hydrogen) atoms. The fourth-order valence-corrected chi connectivity index (χ4v) is 4.63. The number of nitrogens with one attached hydrogen (secondary N) is 2. The molecule has 106 valence electrons. The summed E-state index contributed by atoms with van der Waals surface area (Å²) in [6, 6.07) is 10.5. The SMILES string of the molecule is O=C(NCc1ccc2c(c1)CNC2)c1cc2sccc2s1. The number of thiophene rings is 2. The van der Waals surface area contributed by atoms with E-state index in [1.807, 2.05) is 6.07 Å². The Morgan fingerprint density at radius 3 is 2.95 bits per heavy atom.